The molecule has 1 aliphatic rings. The van der Waals surface area contributed by atoms with Crippen LogP contribution in [0.25, 0.3) is 0 Å². The molecule has 104 valence electrons. The van der Waals surface area contributed by atoms with Gasteiger partial charge in [0.1, 0.15) is 0 Å². The van der Waals surface area contributed by atoms with Crippen LogP contribution in [0.4, 0.5) is 0 Å². The Morgan fingerprint density at radius 3 is 2.05 bits per heavy atom. The molecule has 3 heteroatoms. The number of carbonyl (C=O) groups is 1. The van der Waals surface area contributed by atoms with E-state index in [1.54, 1.807) is 0 Å². The molecule has 0 saturated carbocycles. The van der Waals surface area contributed by atoms with Crippen molar-refractivity contribution in [2.24, 2.45) is 0 Å². The highest BCUT2D eigenvalue weighted by Gasteiger charge is 2.24. The Hall–Kier alpha value is -1.35. The number of carbonyl (C=O) groups excluding carboxylic acids is 1. The van der Waals surface area contributed by atoms with Gasteiger partial charge in [0.2, 0.25) is 0 Å². The summed E-state index contributed by atoms with van der Waals surface area (Å²) in [5, 5.41) is 0. The Labute approximate surface area is 116 Å². The number of rotatable bonds is 2. The summed E-state index contributed by atoms with van der Waals surface area (Å²) in [5.74, 6) is 0.194. The minimum atomic E-state index is 0.194. The highest BCUT2D eigenvalue weighted by Crippen LogP contribution is 2.17. The maximum Gasteiger partial charge on any atom is 0.254 e. The van der Waals surface area contributed by atoms with Crippen molar-refractivity contribution in [2.75, 3.05) is 26.2 Å². The lowest BCUT2D eigenvalue weighted by Gasteiger charge is -2.37. The third-order valence-corrected chi connectivity index (χ3v) is 4.03. The quantitative estimate of drug-likeness (QED) is 0.815. The Morgan fingerprint density at radius 2 is 1.58 bits per heavy atom. The lowest BCUT2D eigenvalue weighted by Crippen LogP contribution is -2.50. The van der Waals surface area contributed by atoms with Gasteiger partial charge >= 0.3 is 0 Å². The van der Waals surface area contributed by atoms with Gasteiger partial charge in [-0.15, -0.1) is 0 Å². The predicted molar refractivity (Wildman–Crippen MR) is 78.5 cm³/mol. The molecule has 1 heterocycles. The molecule has 3 nitrogen and oxygen atoms in total. The normalized spacial score (nSPS) is 17.0. The Morgan fingerprint density at radius 1 is 1.05 bits per heavy atom. The fourth-order valence-corrected chi connectivity index (χ4v) is 2.75. The zero-order valence-corrected chi connectivity index (χ0v) is 12.4. The average molecular weight is 260 g/mol. The second kappa shape index (κ2) is 5.74. The molecule has 1 fully saturated rings. The molecule has 0 unspecified atom stereocenters. The monoisotopic (exact) mass is 260 g/mol. The third kappa shape index (κ3) is 2.98. The minimum absolute atomic E-state index is 0.194. The molecule has 1 saturated heterocycles. The lowest BCUT2D eigenvalue weighted by molar-refractivity contribution is 0.0594. The summed E-state index contributed by atoms with van der Waals surface area (Å²) >= 11 is 0. The summed E-state index contributed by atoms with van der Waals surface area (Å²) < 4.78 is 0. The number of nitrogens with zero attached hydrogens (tertiary/aromatic N) is 2. The minimum Gasteiger partial charge on any atom is -0.336 e. The van der Waals surface area contributed by atoms with Gasteiger partial charge in [0.05, 0.1) is 0 Å². The zero-order valence-electron chi connectivity index (χ0n) is 12.4. The summed E-state index contributed by atoms with van der Waals surface area (Å²) in [7, 11) is 0. The largest absolute Gasteiger partial charge is 0.336 e. The summed E-state index contributed by atoms with van der Waals surface area (Å²) in [6, 6.07) is 6.62. The van der Waals surface area contributed by atoms with Crippen LogP contribution in [0.3, 0.4) is 0 Å². The number of hydrogen-bond acceptors (Lipinski definition) is 2. The van der Waals surface area contributed by atoms with E-state index in [9.17, 15) is 4.79 Å². The molecular weight excluding hydrogens is 236 g/mol. The summed E-state index contributed by atoms with van der Waals surface area (Å²) in [6.07, 6.45) is 0. The number of piperazine rings is 1. The summed E-state index contributed by atoms with van der Waals surface area (Å²) in [5.41, 5.74) is 3.05. The van der Waals surface area contributed by atoms with Gasteiger partial charge in [0.25, 0.3) is 5.91 Å². The van der Waals surface area contributed by atoms with Crippen LogP contribution in [0.15, 0.2) is 18.2 Å². The zero-order chi connectivity index (χ0) is 14.0. The Balaban J connectivity index is 2.10. The van der Waals surface area contributed by atoms with Crippen LogP contribution in [0.2, 0.25) is 0 Å². The molecule has 2 rings (SSSR count). The van der Waals surface area contributed by atoms with Crippen LogP contribution in [-0.2, 0) is 0 Å². The SMILES string of the molecule is Cc1cccc(C)c1C(=O)N1CCN(C(C)C)CC1. The number of amides is 1. The average Bonchev–Trinajstić information content (AvgIpc) is 2.38. The molecule has 0 bridgehead atoms. The highest BCUT2D eigenvalue weighted by molar-refractivity contribution is 5.97. The number of aryl methyl sites for hydroxylation is 2. The van der Waals surface area contributed by atoms with Gasteiger partial charge in [0, 0.05) is 37.8 Å². The topological polar surface area (TPSA) is 23.6 Å². The van der Waals surface area contributed by atoms with E-state index in [2.05, 4.69) is 18.7 Å². The van der Waals surface area contributed by atoms with Crippen molar-refractivity contribution in [2.45, 2.75) is 33.7 Å². The lowest BCUT2D eigenvalue weighted by atomic mass is 10.0. The van der Waals surface area contributed by atoms with Gasteiger partial charge in [-0.25, -0.2) is 0 Å². The van der Waals surface area contributed by atoms with E-state index in [0.717, 1.165) is 42.9 Å². The second-order valence-electron chi connectivity index (χ2n) is 5.69. The van der Waals surface area contributed by atoms with E-state index >= 15 is 0 Å². The molecule has 0 atom stereocenters. The van der Waals surface area contributed by atoms with E-state index in [4.69, 9.17) is 0 Å². The van der Waals surface area contributed by atoms with E-state index in [1.165, 1.54) is 0 Å². The summed E-state index contributed by atoms with van der Waals surface area (Å²) in [6.45, 7) is 12.1. The van der Waals surface area contributed by atoms with E-state index < -0.39 is 0 Å². The molecule has 19 heavy (non-hydrogen) atoms. The molecular formula is C16H24N2O. The maximum atomic E-state index is 12.6. The molecule has 0 radical (unpaired) electrons. The van der Waals surface area contributed by atoms with Crippen LogP contribution in [0, 0.1) is 13.8 Å². The van der Waals surface area contributed by atoms with E-state index in [1.807, 2.05) is 36.9 Å². The fraction of sp³-hybridized carbons (Fsp3) is 0.562. The third-order valence-electron chi connectivity index (χ3n) is 4.03. The van der Waals surface area contributed by atoms with Crippen LogP contribution in [0.5, 0.6) is 0 Å². The maximum absolute atomic E-state index is 12.6. The first-order valence-corrected chi connectivity index (χ1v) is 7.10. The molecule has 0 N–H and O–H groups in total. The first kappa shape index (κ1) is 14.1. The van der Waals surface area contributed by atoms with Gasteiger partial charge in [-0.1, -0.05) is 18.2 Å². The standard InChI is InChI=1S/C16H24N2O/c1-12(2)17-8-10-18(11-9-17)16(19)15-13(3)6-5-7-14(15)4/h5-7,12H,8-11H2,1-4H3. The van der Waals surface area contributed by atoms with Gasteiger partial charge in [-0.3, -0.25) is 9.69 Å². The van der Waals surface area contributed by atoms with Gasteiger partial charge in [0.15, 0.2) is 0 Å². The molecule has 0 aromatic heterocycles. The van der Waals surface area contributed by atoms with Crippen molar-refractivity contribution in [3.63, 3.8) is 0 Å². The second-order valence-corrected chi connectivity index (χ2v) is 5.69. The first-order valence-electron chi connectivity index (χ1n) is 7.10. The van der Waals surface area contributed by atoms with Crippen LogP contribution in [0.1, 0.15) is 35.3 Å². The van der Waals surface area contributed by atoms with Crippen molar-refractivity contribution in [3.05, 3.63) is 34.9 Å². The van der Waals surface area contributed by atoms with Crippen molar-refractivity contribution in [3.8, 4) is 0 Å². The fourth-order valence-electron chi connectivity index (χ4n) is 2.75. The smallest absolute Gasteiger partial charge is 0.254 e. The Kier molecular flexibility index (Phi) is 4.25. The summed E-state index contributed by atoms with van der Waals surface area (Å²) in [4.78, 5) is 17.0. The van der Waals surface area contributed by atoms with Crippen molar-refractivity contribution in [1.29, 1.82) is 0 Å². The van der Waals surface area contributed by atoms with Crippen LogP contribution < -0.4 is 0 Å². The number of benzene rings is 1. The molecule has 1 aromatic rings. The Bertz CT molecular complexity index is 440. The molecule has 0 spiro atoms. The number of hydrogen-bond donors (Lipinski definition) is 0. The van der Waals surface area contributed by atoms with Gasteiger partial charge in [-0.05, 0) is 38.8 Å². The van der Waals surface area contributed by atoms with Crippen LogP contribution in [-0.4, -0.2) is 47.9 Å². The van der Waals surface area contributed by atoms with E-state index in [-0.39, 0.29) is 5.91 Å². The highest BCUT2D eigenvalue weighted by atomic mass is 16.2. The van der Waals surface area contributed by atoms with E-state index in [0.29, 0.717) is 6.04 Å². The van der Waals surface area contributed by atoms with Crippen molar-refractivity contribution < 1.29 is 4.79 Å². The van der Waals surface area contributed by atoms with Crippen LogP contribution >= 0.6 is 0 Å². The molecule has 1 aromatic carbocycles. The van der Waals surface area contributed by atoms with Gasteiger partial charge < -0.3 is 4.90 Å². The van der Waals surface area contributed by atoms with Crippen molar-refractivity contribution >= 4 is 5.91 Å². The van der Waals surface area contributed by atoms with Gasteiger partial charge in [-0.2, -0.15) is 0 Å². The molecule has 1 amide bonds. The predicted octanol–water partition coefficient (Wildman–Crippen LogP) is 2.47. The molecule has 1 aliphatic heterocycles. The first-order chi connectivity index (χ1) is 9.00. The van der Waals surface area contributed by atoms with Crippen molar-refractivity contribution in [1.82, 2.24) is 9.80 Å². The molecule has 0 aliphatic carbocycles.